The quantitative estimate of drug-likeness (QED) is 0.365. The van der Waals surface area contributed by atoms with Gasteiger partial charge in [-0.1, -0.05) is 52.7 Å². The fraction of sp³-hybridized carbons (Fsp3) is 0. The molecule has 0 saturated heterocycles. The Kier molecular flexibility index (Phi) is 7.61. The Morgan fingerprint density at radius 3 is 2.00 bits per heavy atom. The summed E-state index contributed by atoms with van der Waals surface area (Å²) in [7, 11) is 0. The van der Waals surface area contributed by atoms with Crippen LogP contribution >= 0.6 is 24.8 Å². The summed E-state index contributed by atoms with van der Waals surface area (Å²) in [5.41, 5.74) is 2.62. The first-order chi connectivity index (χ1) is 7.45. The number of fused-ring (bicyclic) bond motifs is 1. The molecule has 0 aromatic heterocycles. The van der Waals surface area contributed by atoms with E-state index in [1.165, 1.54) is 21.9 Å². The van der Waals surface area contributed by atoms with Gasteiger partial charge >= 0.3 is 0 Å². The SMILES string of the molecule is Cl.Cl.[Hf].c1ccc(-[c-]2ccc3ccccc32)cc1. The molecule has 0 bridgehead atoms. The predicted octanol–water partition coefficient (Wildman–Crippen LogP) is 5.07. The first-order valence-electron chi connectivity index (χ1n) is 5.15. The molecular weight excluding hydrogens is 430 g/mol. The van der Waals surface area contributed by atoms with Crippen molar-refractivity contribution in [2.75, 3.05) is 0 Å². The topological polar surface area (TPSA) is 0 Å². The average Bonchev–Trinajstić information content (AvgIpc) is 2.74. The van der Waals surface area contributed by atoms with Crippen molar-refractivity contribution in [3.63, 3.8) is 0 Å². The molecule has 3 aromatic carbocycles. The van der Waals surface area contributed by atoms with E-state index in [9.17, 15) is 0 Å². The van der Waals surface area contributed by atoms with Gasteiger partial charge in [-0.3, -0.25) is 0 Å². The Labute approximate surface area is 138 Å². The maximum Gasteiger partial charge on any atom is 0 e. The molecule has 0 radical (unpaired) electrons. The van der Waals surface area contributed by atoms with Crippen molar-refractivity contribution in [2.24, 2.45) is 0 Å². The summed E-state index contributed by atoms with van der Waals surface area (Å²) in [6, 6.07) is 23.4. The van der Waals surface area contributed by atoms with Gasteiger partial charge in [0, 0.05) is 25.8 Å². The van der Waals surface area contributed by atoms with E-state index in [2.05, 4.69) is 66.7 Å². The van der Waals surface area contributed by atoms with Crippen molar-refractivity contribution >= 4 is 35.6 Å². The fourth-order valence-electron chi connectivity index (χ4n) is 2.02. The van der Waals surface area contributed by atoms with Crippen molar-refractivity contribution < 1.29 is 25.8 Å². The minimum Gasteiger partial charge on any atom is -0.147 e. The zero-order chi connectivity index (χ0) is 10.1. The second kappa shape index (κ2) is 7.83. The van der Waals surface area contributed by atoms with Gasteiger partial charge in [0.05, 0.1) is 0 Å². The van der Waals surface area contributed by atoms with E-state index >= 15 is 0 Å². The van der Waals surface area contributed by atoms with Gasteiger partial charge in [-0.25, -0.2) is 0 Å². The molecule has 18 heavy (non-hydrogen) atoms. The van der Waals surface area contributed by atoms with E-state index in [1.54, 1.807) is 0 Å². The van der Waals surface area contributed by atoms with Crippen LogP contribution in [-0.4, -0.2) is 0 Å². The number of rotatable bonds is 1. The molecule has 0 fully saturated rings. The standard InChI is InChI=1S/C15H11.2ClH.Hf/c1-2-6-12(7-3-1)15-11-10-13-8-4-5-9-14(13)15;;;/h1-11H;2*1H;/q-1;;;. The third-order valence-corrected chi connectivity index (χ3v) is 2.77. The second-order valence-electron chi connectivity index (χ2n) is 3.70. The molecule has 0 amide bonds. The smallest absolute Gasteiger partial charge is 0 e. The van der Waals surface area contributed by atoms with E-state index in [-0.39, 0.29) is 50.7 Å². The predicted molar refractivity (Wildman–Crippen MR) is 79.5 cm³/mol. The van der Waals surface area contributed by atoms with Gasteiger partial charge in [-0.2, -0.15) is 0 Å². The molecule has 3 rings (SSSR count). The van der Waals surface area contributed by atoms with Gasteiger partial charge in [0.2, 0.25) is 0 Å². The average molecular weight is 443 g/mol. The summed E-state index contributed by atoms with van der Waals surface area (Å²) in [6.07, 6.45) is 0. The summed E-state index contributed by atoms with van der Waals surface area (Å²) in [4.78, 5) is 0. The third kappa shape index (κ3) is 3.28. The van der Waals surface area contributed by atoms with Crippen molar-refractivity contribution in [2.45, 2.75) is 0 Å². The van der Waals surface area contributed by atoms with Crippen molar-refractivity contribution in [1.29, 1.82) is 0 Å². The van der Waals surface area contributed by atoms with Gasteiger partial charge in [-0.15, -0.1) is 60.7 Å². The Morgan fingerprint density at radius 1 is 0.667 bits per heavy atom. The molecule has 0 spiro atoms. The number of halogens is 2. The Morgan fingerprint density at radius 2 is 1.28 bits per heavy atom. The van der Waals surface area contributed by atoms with Gasteiger partial charge < -0.3 is 0 Å². The molecule has 0 heterocycles. The maximum atomic E-state index is 2.19. The summed E-state index contributed by atoms with van der Waals surface area (Å²) >= 11 is 0. The van der Waals surface area contributed by atoms with Crippen LogP contribution in [0.15, 0.2) is 66.7 Å². The fourth-order valence-corrected chi connectivity index (χ4v) is 2.02. The number of hydrogen-bond donors (Lipinski definition) is 0. The van der Waals surface area contributed by atoms with Crippen LogP contribution in [0.5, 0.6) is 0 Å². The maximum absolute atomic E-state index is 2.19. The first kappa shape index (κ1) is 17.5. The Balaban J connectivity index is 0.000000963. The number of benzene rings is 2. The van der Waals surface area contributed by atoms with Crippen molar-refractivity contribution in [1.82, 2.24) is 0 Å². The largest absolute Gasteiger partial charge is 0.147 e. The van der Waals surface area contributed by atoms with E-state index in [0.717, 1.165) is 0 Å². The van der Waals surface area contributed by atoms with Gasteiger partial charge in [0.25, 0.3) is 0 Å². The van der Waals surface area contributed by atoms with Crippen molar-refractivity contribution in [3.05, 3.63) is 66.7 Å². The molecule has 0 aliphatic carbocycles. The second-order valence-corrected chi connectivity index (χ2v) is 3.70. The zero-order valence-corrected chi connectivity index (χ0v) is 14.9. The van der Waals surface area contributed by atoms with E-state index in [4.69, 9.17) is 0 Å². The first-order valence-corrected chi connectivity index (χ1v) is 5.15. The molecule has 0 nitrogen and oxygen atoms in total. The molecule has 3 heteroatoms. The minimum absolute atomic E-state index is 0. The monoisotopic (exact) mass is 443 g/mol. The molecule has 0 unspecified atom stereocenters. The van der Waals surface area contributed by atoms with Crippen LogP contribution < -0.4 is 0 Å². The molecule has 0 saturated carbocycles. The van der Waals surface area contributed by atoms with Crippen molar-refractivity contribution in [3.8, 4) is 11.1 Å². The molecule has 0 aliphatic rings. The Bertz CT molecular complexity index is 588. The van der Waals surface area contributed by atoms with Gasteiger partial charge in [-0.05, 0) is 0 Å². The van der Waals surface area contributed by atoms with Gasteiger partial charge in [0.15, 0.2) is 0 Å². The minimum atomic E-state index is 0. The zero-order valence-electron chi connectivity index (χ0n) is 9.67. The van der Waals surface area contributed by atoms with E-state index < -0.39 is 0 Å². The van der Waals surface area contributed by atoms with E-state index in [0.29, 0.717) is 0 Å². The van der Waals surface area contributed by atoms with E-state index in [1.807, 2.05) is 0 Å². The van der Waals surface area contributed by atoms with Crippen LogP contribution in [0.4, 0.5) is 0 Å². The summed E-state index contributed by atoms with van der Waals surface area (Å²) in [5, 5.41) is 2.65. The molecular formula is C15H13Cl2Hf-. The number of hydrogen-bond acceptors (Lipinski definition) is 0. The summed E-state index contributed by atoms with van der Waals surface area (Å²) in [6.45, 7) is 0. The van der Waals surface area contributed by atoms with Gasteiger partial charge in [0.1, 0.15) is 0 Å². The van der Waals surface area contributed by atoms with Crippen LogP contribution in [0, 0.1) is 0 Å². The van der Waals surface area contributed by atoms with Crippen LogP contribution in [0.3, 0.4) is 0 Å². The van der Waals surface area contributed by atoms with Crippen LogP contribution in [0.2, 0.25) is 0 Å². The molecule has 0 atom stereocenters. The van der Waals surface area contributed by atoms with Crippen LogP contribution in [-0.2, 0) is 25.8 Å². The Hall–Kier alpha value is -0.500. The molecule has 0 aliphatic heterocycles. The normalized spacial score (nSPS) is 8.89. The summed E-state index contributed by atoms with van der Waals surface area (Å²) < 4.78 is 0. The molecule has 92 valence electrons. The third-order valence-electron chi connectivity index (χ3n) is 2.77. The molecule has 3 aromatic rings. The van der Waals surface area contributed by atoms with Crippen LogP contribution in [0.25, 0.3) is 21.9 Å². The summed E-state index contributed by atoms with van der Waals surface area (Å²) in [5.74, 6) is 0. The van der Waals surface area contributed by atoms with Crippen LogP contribution in [0.1, 0.15) is 0 Å². The molecule has 0 N–H and O–H groups in total.